The number of aromatic nitrogens is 1. The van der Waals surface area contributed by atoms with Crippen LogP contribution in [0.4, 0.5) is 5.69 Å². The monoisotopic (exact) mass is 226 g/mol. The molecule has 88 valence electrons. The topological polar surface area (TPSA) is 38.9 Å². The van der Waals surface area contributed by atoms with Crippen molar-refractivity contribution in [3.8, 4) is 0 Å². The summed E-state index contributed by atoms with van der Waals surface area (Å²) in [4.78, 5) is 4.11. The maximum atomic E-state index is 5.91. The number of anilines is 1. The number of benzene rings is 1. The van der Waals surface area contributed by atoms with Crippen molar-refractivity contribution in [3.05, 3.63) is 59.4 Å². The molecule has 2 aromatic rings. The van der Waals surface area contributed by atoms with E-state index in [1.807, 2.05) is 12.3 Å². The van der Waals surface area contributed by atoms with E-state index in [4.69, 9.17) is 5.73 Å². The van der Waals surface area contributed by atoms with Crippen LogP contribution < -0.4 is 5.73 Å². The van der Waals surface area contributed by atoms with Crippen LogP contribution in [-0.4, -0.2) is 4.98 Å². The first-order valence-corrected chi connectivity index (χ1v) is 6.05. The molecule has 0 saturated carbocycles. The highest BCUT2D eigenvalue weighted by Gasteiger charge is 2.00. The van der Waals surface area contributed by atoms with Crippen LogP contribution in [0, 0.1) is 0 Å². The van der Waals surface area contributed by atoms with Crippen LogP contribution in [0.25, 0.3) is 0 Å². The van der Waals surface area contributed by atoms with Gasteiger partial charge in [-0.25, -0.2) is 0 Å². The molecule has 0 amide bonds. The van der Waals surface area contributed by atoms with E-state index in [-0.39, 0.29) is 0 Å². The average Bonchev–Trinajstić information content (AvgIpc) is 2.35. The Labute approximate surface area is 103 Å². The summed E-state index contributed by atoms with van der Waals surface area (Å²) in [5.74, 6) is 0. The lowest BCUT2D eigenvalue weighted by Crippen LogP contribution is -1.96. The summed E-state index contributed by atoms with van der Waals surface area (Å²) in [6, 6.07) is 10.6. The molecule has 0 unspecified atom stereocenters. The van der Waals surface area contributed by atoms with E-state index in [2.05, 4.69) is 36.2 Å². The van der Waals surface area contributed by atoms with Gasteiger partial charge in [0, 0.05) is 24.5 Å². The smallest absolute Gasteiger partial charge is 0.0380 e. The molecule has 0 aliphatic heterocycles. The first-order valence-electron chi connectivity index (χ1n) is 6.05. The maximum absolute atomic E-state index is 5.91. The van der Waals surface area contributed by atoms with Gasteiger partial charge in [-0.2, -0.15) is 0 Å². The van der Waals surface area contributed by atoms with Crippen molar-refractivity contribution in [2.45, 2.75) is 26.2 Å². The maximum Gasteiger partial charge on any atom is 0.0380 e. The largest absolute Gasteiger partial charge is 0.398 e. The van der Waals surface area contributed by atoms with Gasteiger partial charge in [-0.05, 0) is 29.2 Å². The van der Waals surface area contributed by atoms with E-state index in [0.29, 0.717) is 0 Å². The number of pyridine rings is 1. The molecule has 2 nitrogen and oxygen atoms in total. The first kappa shape index (κ1) is 11.6. The van der Waals surface area contributed by atoms with Crippen molar-refractivity contribution in [1.29, 1.82) is 0 Å². The van der Waals surface area contributed by atoms with Gasteiger partial charge in [0.2, 0.25) is 0 Å². The van der Waals surface area contributed by atoms with E-state index in [9.17, 15) is 0 Å². The number of hydrogen-bond acceptors (Lipinski definition) is 2. The van der Waals surface area contributed by atoms with Gasteiger partial charge >= 0.3 is 0 Å². The number of aryl methyl sites for hydroxylation is 1. The second kappa shape index (κ2) is 5.48. The van der Waals surface area contributed by atoms with Crippen molar-refractivity contribution in [3.63, 3.8) is 0 Å². The Morgan fingerprint density at radius 2 is 1.76 bits per heavy atom. The predicted molar refractivity (Wildman–Crippen MR) is 71.9 cm³/mol. The highest BCUT2D eigenvalue weighted by Crippen LogP contribution is 2.15. The summed E-state index contributed by atoms with van der Waals surface area (Å²) in [6.07, 6.45) is 6.76. The van der Waals surface area contributed by atoms with Crippen LogP contribution in [0.15, 0.2) is 42.7 Å². The van der Waals surface area contributed by atoms with Crippen molar-refractivity contribution >= 4 is 5.69 Å². The van der Waals surface area contributed by atoms with Gasteiger partial charge in [0.1, 0.15) is 0 Å². The highest BCUT2D eigenvalue weighted by molar-refractivity contribution is 5.46. The fourth-order valence-corrected chi connectivity index (χ4v) is 1.92. The normalized spacial score (nSPS) is 10.4. The van der Waals surface area contributed by atoms with Gasteiger partial charge in [-0.1, -0.05) is 37.6 Å². The first-order chi connectivity index (χ1) is 8.29. The second-order valence-corrected chi connectivity index (χ2v) is 4.32. The third-order valence-electron chi connectivity index (χ3n) is 2.90. The molecule has 1 aromatic heterocycles. The minimum absolute atomic E-state index is 0.817. The molecule has 1 heterocycles. The van der Waals surface area contributed by atoms with Gasteiger partial charge in [0.05, 0.1) is 0 Å². The van der Waals surface area contributed by atoms with Gasteiger partial charge in [0.15, 0.2) is 0 Å². The van der Waals surface area contributed by atoms with Gasteiger partial charge in [-0.15, -0.1) is 0 Å². The summed E-state index contributed by atoms with van der Waals surface area (Å²) >= 11 is 0. The molecule has 0 aliphatic carbocycles. The van der Waals surface area contributed by atoms with Crippen molar-refractivity contribution in [2.24, 2.45) is 0 Å². The fraction of sp³-hybridized carbons (Fsp3) is 0.267. The van der Waals surface area contributed by atoms with E-state index in [1.165, 1.54) is 17.5 Å². The molecule has 2 N–H and O–H groups in total. The van der Waals surface area contributed by atoms with Crippen molar-refractivity contribution in [1.82, 2.24) is 4.98 Å². The molecule has 0 saturated heterocycles. The van der Waals surface area contributed by atoms with Crippen LogP contribution in [0.3, 0.4) is 0 Å². The van der Waals surface area contributed by atoms with E-state index in [0.717, 1.165) is 24.1 Å². The molecule has 2 heteroatoms. The van der Waals surface area contributed by atoms with E-state index >= 15 is 0 Å². The number of nitrogens with zero attached hydrogens (tertiary/aromatic N) is 1. The van der Waals surface area contributed by atoms with Crippen molar-refractivity contribution < 1.29 is 0 Å². The molecule has 0 spiro atoms. The summed E-state index contributed by atoms with van der Waals surface area (Å²) in [7, 11) is 0. The highest BCUT2D eigenvalue weighted by atomic mass is 14.7. The lowest BCUT2D eigenvalue weighted by atomic mass is 10.0. The molecule has 0 fully saturated rings. The molecule has 0 bridgehead atoms. The molecular formula is C15H18N2. The lowest BCUT2D eigenvalue weighted by molar-refractivity contribution is 0.920. The standard InChI is InChI=1S/C15H18N2/c1-2-3-12-4-6-13(7-5-12)10-14-11-17-9-8-15(14)16/h4-9,11H,2-3,10H2,1H3,(H2,16,17). The summed E-state index contributed by atoms with van der Waals surface area (Å²) < 4.78 is 0. The minimum Gasteiger partial charge on any atom is -0.398 e. The molecule has 17 heavy (non-hydrogen) atoms. The van der Waals surface area contributed by atoms with Gasteiger partial charge in [0.25, 0.3) is 0 Å². The molecular weight excluding hydrogens is 208 g/mol. The van der Waals surface area contributed by atoms with Gasteiger partial charge < -0.3 is 5.73 Å². The second-order valence-electron chi connectivity index (χ2n) is 4.32. The zero-order chi connectivity index (χ0) is 12.1. The quantitative estimate of drug-likeness (QED) is 0.869. The SMILES string of the molecule is CCCc1ccc(Cc2cnccc2N)cc1. The molecule has 0 aliphatic rings. The van der Waals surface area contributed by atoms with Gasteiger partial charge in [-0.3, -0.25) is 4.98 Å². The van der Waals surface area contributed by atoms with Crippen molar-refractivity contribution in [2.75, 3.05) is 5.73 Å². The van der Waals surface area contributed by atoms with Crippen LogP contribution in [0.5, 0.6) is 0 Å². The van der Waals surface area contributed by atoms with Crippen LogP contribution in [0.2, 0.25) is 0 Å². The summed E-state index contributed by atoms with van der Waals surface area (Å²) in [6.45, 7) is 2.20. The number of nitrogens with two attached hydrogens (primary N) is 1. The molecule has 0 radical (unpaired) electrons. The average molecular weight is 226 g/mol. The fourth-order valence-electron chi connectivity index (χ4n) is 1.92. The summed E-state index contributed by atoms with van der Waals surface area (Å²) in [5.41, 5.74) is 10.5. The van der Waals surface area contributed by atoms with Crippen LogP contribution >= 0.6 is 0 Å². The predicted octanol–water partition coefficient (Wildman–Crippen LogP) is 3.21. The van der Waals surface area contributed by atoms with E-state index < -0.39 is 0 Å². The number of rotatable bonds is 4. The molecule has 0 atom stereocenters. The Morgan fingerprint density at radius 3 is 2.41 bits per heavy atom. The third kappa shape index (κ3) is 3.06. The Bertz CT molecular complexity index is 475. The van der Waals surface area contributed by atoms with Crippen LogP contribution in [0.1, 0.15) is 30.0 Å². The Balaban J connectivity index is 2.11. The molecule has 1 aromatic carbocycles. The zero-order valence-electron chi connectivity index (χ0n) is 10.2. The molecule has 2 rings (SSSR count). The zero-order valence-corrected chi connectivity index (χ0v) is 10.2. The Kier molecular flexibility index (Phi) is 3.76. The Morgan fingerprint density at radius 1 is 1.06 bits per heavy atom. The number of hydrogen-bond donors (Lipinski definition) is 1. The summed E-state index contributed by atoms with van der Waals surface area (Å²) in [5, 5.41) is 0. The van der Waals surface area contributed by atoms with Crippen LogP contribution in [-0.2, 0) is 12.8 Å². The third-order valence-corrected chi connectivity index (χ3v) is 2.90. The number of nitrogen functional groups attached to an aromatic ring is 1. The minimum atomic E-state index is 0.817. The lowest BCUT2D eigenvalue weighted by Gasteiger charge is -2.06. The van der Waals surface area contributed by atoms with E-state index in [1.54, 1.807) is 6.20 Å². The Hall–Kier alpha value is -1.83.